The fourth-order valence-electron chi connectivity index (χ4n) is 3.53. The van der Waals surface area contributed by atoms with Gasteiger partial charge in [-0.15, -0.1) is 0 Å². The Morgan fingerprint density at radius 3 is 1.91 bits per heavy atom. The minimum atomic E-state index is -4.30. The van der Waals surface area contributed by atoms with Gasteiger partial charge < -0.3 is 9.47 Å². The molecule has 11 heteroatoms. The Kier molecular flexibility index (Phi) is 8.22. The second-order valence-corrected chi connectivity index (χ2v) is 8.95. The number of benzene rings is 3. The summed E-state index contributed by atoms with van der Waals surface area (Å²) in [6.45, 7) is -0.548. The molecule has 0 unspecified atom stereocenters. The first-order valence-electron chi connectivity index (χ1n) is 10.3. The van der Waals surface area contributed by atoms with Crippen molar-refractivity contribution in [3.63, 3.8) is 0 Å². The maximum Gasteiger partial charge on any atom is 0.344 e. The molecule has 0 spiro atoms. The first kappa shape index (κ1) is 25.6. The van der Waals surface area contributed by atoms with Crippen LogP contribution < -0.4 is 4.74 Å². The van der Waals surface area contributed by atoms with Gasteiger partial charge in [0.25, 0.3) is 10.1 Å². The Hall–Kier alpha value is -3.04. The molecule has 0 aliphatic heterocycles. The van der Waals surface area contributed by atoms with E-state index in [0.717, 1.165) is 5.56 Å². The minimum absolute atomic E-state index is 0.0389. The van der Waals surface area contributed by atoms with Crippen LogP contribution in [0.3, 0.4) is 0 Å². The largest absolute Gasteiger partial charge is 0.461 e. The second kappa shape index (κ2) is 10.9. The summed E-state index contributed by atoms with van der Waals surface area (Å²) in [5.41, 5.74) is 2.04. The molecule has 0 aromatic heterocycles. The Labute approximate surface area is 201 Å². The van der Waals surface area contributed by atoms with Gasteiger partial charge in [-0.05, 0) is 28.6 Å². The molecular weight excluding hydrogens is 453 g/mol. The van der Waals surface area contributed by atoms with E-state index >= 15 is 0 Å². The van der Waals surface area contributed by atoms with E-state index in [-0.39, 0.29) is 41.2 Å². The summed E-state index contributed by atoms with van der Waals surface area (Å²) < 4.78 is 41.3. The lowest BCUT2D eigenvalue weighted by Gasteiger charge is -2.17. The molecule has 7 nitrogen and oxygen atoms in total. The first-order valence-corrected chi connectivity index (χ1v) is 11.9. The van der Waals surface area contributed by atoms with Crippen molar-refractivity contribution in [2.45, 2.75) is 19.0 Å². The molecule has 0 atom stereocenters. The van der Waals surface area contributed by atoms with Crippen molar-refractivity contribution in [2.24, 2.45) is 0 Å². The quantitative estimate of drug-likeness (QED) is 0.220. The molecule has 0 heterocycles. The molecule has 3 rings (SSSR count). The number of carbonyl (C=O) groups excluding carboxylic acids is 2. The minimum Gasteiger partial charge on any atom is -0.461 e. The predicted octanol–water partition coefficient (Wildman–Crippen LogP) is 2.11. The maximum atomic E-state index is 13.2. The molecule has 168 valence electrons. The van der Waals surface area contributed by atoms with Gasteiger partial charge in [0.05, 0.1) is 34.7 Å². The van der Waals surface area contributed by atoms with Crippen LogP contribution in [0.25, 0.3) is 10.8 Å². The molecule has 6 radical (unpaired) electrons. The van der Waals surface area contributed by atoms with Crippen LogP contribution in [-0.2, 0) is 33.8 Å². The first-order chi connectivity index (χ1) is 16.2. The third-order valence-electron chi connectivity index (χ3n) is 5.09. The fraction of sp³-hybridized carbons (Fsp3) is 0.217. The van der Waals surface area contributed by atoms with E-state index in [2.05, 4.69) is 0 Å². The third kappa shape index (κ3) is 5.90. The molecule has 0 saturated heterocycles. The SMILES string of the molecule is [B]Cc1cc(C[B])c(OC(=O)c2cccc3cccc(C(=O)OCCS(=O)(=O)O)c23)c(C[B])c1. The summed E-state index contributed by atoms with van der Waals surface area (Å²) in [5, 5.41) is 0.837. The lowest BCUT2D eigenvalue weighted by Crippen LogP contribution is -2.17. The van der Waals surface area contributed by atoms with Crippen molar-refractivity contribution >= 4 is 56.4 Å². The van der Waals surface area contributed by atoms with E-state index in [1.807, 2.05) is 0 Å². The molecule has 0 aliphatic carbocycles. The van der Waals surface area contributed by atoms with Gasteiger partial charge in [0.2, 0.25) is 0 Å². The van der Waals surface area contributed by atoms with E-state index in [1.165, 1.54) is 12.1 Å². The van der Waals surface area contributed by atoms with E-state index in [1.54, 1.807) is 36.4 Å². The normalized spacial score (nSPS) is 11.3. The number of fused-ring (bicyclic) bond motifs is 1. The maximum absolute atomic E-state index is 13.2. The van der Waals surface area contributed by atoms with Crippen LogP contribution in [0.4, 0.5) is 0 Å². The zero-order valence-corrected chi connectivity index (χ0v) is 19.0. The van der Waals surface area contributed by atoms with Crippen molar-refractivity contribution in [2.75, 3.05) is 12.4 Å². The monoisotopic (exact) mass is 472 g/mol. The topological polar surface area (TPSA) is 107 Å². The Balaban J connectivity index is 2.01. The van der Waals surface area contributed by atoms with Crippen LogP contribution in [0.2, 0.25) is 0 Å². The number of carbonyl (C=O) groups is 2. The van der Waals surface area contributed by atoms with Crippen molar-refractivity contribution in [3.05, 3.63) is 76.3 Å². The van der Waals surface area contributed by atoms with Crippen LogP contribution in [0.5, 0.6) is 5.75 Å². The highest BCUT2D eigenvalue weighted by atomic mass is 32.2. The van der Waals surface area contributed by atoms with Crippen LogP contribution in [0.1, 0.15) is 37.4 Å². The van der Waals surface area contributed by atoms with Crippen molar-refractivity contribution in [3.8, 4) is 5.75 Å². The second-order valence-electron chi connectivity index (χ2n) is 7.38. The summed E-state index contributed by atoms with van der Waals surface area (Å²) in [7, 11) is 13.1. The average Bonchev–Trinajstić information content (AvgIpc) is 2.82. The summed E-state index contributed by atoms with van der Waals surface area (Å²) in [5.74, 6) is -2.11. The van der Waals surface area contributed by atoms with Gasteiger partial charge in [-0.1, -0.05) is 60.9 Å². The smallest absolute Gasteiger partial charge is 0.344 e. The van der Waals surface area contributed by atoms with E-state index < -0.39 is 34.4 Å². The summed E-state index contributed by atoms with van der Waals surface area (Å²) in [6.07, 6.45) is 0.440. The van der Waals surface area contributed by atoms with Crippen molar-refractivity contribution in [1.82, 2.24) is 0 Å². The molecule has 0 saturated carbocycles. The summed E-state index contributed by atoms with van der Waals surface area (Å²) in [6, 6.07) is 13.1. The van der Waals surface area contributed by atoms with Crippen molar-refractivity contribution in [1.29, 1.82) is 0 Å². The van der Waals surface area contributed by atoms with Gasteiger partial charge in [-0.2, -0.15) is 8.42 Å². The van der Waals surface area contributed by atoms with Gasteiger partial charge in [-0.3, -0.25) is 4.55 Å². The Bertz CT molecular complexity index is 1310. The van der Waals surface area contributed by atoms with Crippen LogP contribution in [0, 0.1) is 0 Å². The highest BCUT2D eigenvalue weighted by Crippen LogP contribution is 2.30. The molecule has 0 amide bonds. The highest BCUT2D eigenvalue weighted by Gasteiger charge is 2.22. The van der Waals surface area contributed by atoms with E-state index in [9.17, 15) is 18.0 Å². The van der Waals surface area contributed by atoms with Gasteiger partial charge in [0.15, 0.2) is 0 Å². The average molecular weight is 472 g/mol. The molecule has 1 N–H and O–H groups in total. The lowest BCUT2D eigenvalue weighted by molar-refractivity contribution is 0.0530. The van der Waals surface area contributed by atoms with E-state index in [4.69, 9.17) is 37.6 Å². The number of hydrogen-bond acceptors (Lipinski definition) is 6. The van der Waals surface area contributed by atoms with Crippen LogP contribution >= 0.6 is 0 Å². The standard InChI is InChI=1S/C23H19B3O7S/c24-11-14-9-16(12-25)21(17(10-14)13-26)33-23(28)19-6-2-4-15-3-1-5-18(20(15)19)22(27)32-7-8-34(29,30)31/h1-6,9-10H,7-8,11-13H2,(H,29,30,31). The molecule has 0 aliphatic rings. The summed E-state index contributed by atoms with van der Waals surface area (Å²) in [4.78, 5) is 25.9. The fourth-order valence-corrected chi connectivity index (χ4v) is 3.82. The molecule has 34 heavy (non-hydrogen) atoms. The predicted molar refractivity (Wildman–Crippen MR) is 130 cm³/mol. The molecular formula is C23H19B3O7S. The number of esters is 2. The number of ether oxygens (including phenoxy) is 2. The number of hydrogen-bond donors (Lipinski definition) is 1. The molecule has 0 fully saturated rings. The number of rotatable bonds is 9. The summed E-state index contributed by atoms with van der Waals surface area (Å²) >= 11 is 0. The van der Waals surface area contributed by atoms with Crippen LogP contribution in [0.15, 0.2) is 48.5 Å². The van der Waals surface area contributed by atoms with Gasteiger partial charge in [0, 0.05) is 5.39 Å². The van der Waals surface area contributed by atoms with Crippen molar-refractivity contribution < 1.29 is 32.0 Å². The Morgan fingerprint density at radius 2 is 1.41 bits per heavy atom. The van der Waals surface area contributed by atoms with Crippen LogP contribution in [-0.4, -0.2) is 60.8 Å². The van der Waals surface area contributed by atoms with Gasteiger partial charge in [-0.25, -0.2) is 9.59 Å². The highest BCUT2D eigenvalue weighted by molar-refractivity contribution is 7.85. The van der Waals surface area contributed by atoms with Gasteiger partial charge >= 0.3 is 11.9 Å². The molecule has 3 aromatic carbocycles. The lowest BCUT2D eigenvalue weighted by atomic mass is 9.85. The zero-order chi connectivity index (χ0) is 24.9. The Morgan fingerprint density at radius 1 is 0.853 bits per heavy atom. The van der Waals surface area contributed by atoms with Gasteiger partial charge in [0.1, 0.15) is 18.1 Å². The molecule has 3 aromatic rings. The van der Waals surface area contributed by atoms with E-state index in [0.29, 0.717) is 16.5 Å². The zero-order valence-electron chi connectivity index (χ0n) is 18.2. The third-order valence-corrected chi connectivity index (χ3v) is 5.77. The molecule has 0 bridgehead atoms.